The fraction of sp³-hybridized carbons (Fsp3) is 0.364. The summed E-state index contributed by atoms with van der Waals surface area (Å²) in [7, 11) is 2.61. The molecule has 0 heterocycles. The van der Waals surface area contributed by atoms with Crippen molar-refractivity contribution in [3.63, 3.8) is 0 Å². The summed E-state index contributed by atoms with van der Waals surface area (Å²) in [5.41, 5.74) is -0.410. The average Bonchev–Trinajstić information content (AvgIpc) is 2.36. The van der Waals surface area contributed by atoms with Gasteiger partial charge in [-0.05, 0) is 6.92 Å². The van der Waals surface area contributed by atoms with Crippen LogP contribution in [-0.2, 0) is 0 Å². The van der Waals surface area contributed by atoms with E-state index in [0.717, 1.165) is 0 Å². The second kappa shape index (κ2) is 5.72. The minimum absolute atomic E-state index is 0.00944. The number of nitro groups is 1. The highest BCUT2D eigenvalue weighted by molar-refractivity contribution is 5.69. The molecule has 7 nitrogen and oxygen atoms in total. The third kappa shape index (κ3) is 2.27. The molecule has 0 aliphatic carbocycles. The highest BCUT2D eigenvalue weighted by atomic mass is 16.6. The summed E-state index contributed by atoms with van der Waals surface area (Å²) in [6.45, 7) is 1.94. The maximum absolute atomic E-state index is 11.0. The fourth-order valence-electron chi connectivity index (χ4n) is 1.51. The predicted octanol–water partition coefficient (Wildman–Crippen LogP) is 1.88. The van der Waals surface area contributed by atoms with Gasteiger partial charge in [-0.3, -0.25) is 10.1 Å². The Kier molecular flexibility index (Phi) is 4.32. The number of nitriles is 1. The minimum Gasteiger partial charge on any atom is -0.495 e. The van der Waals surface area contributed by atoms with Crippen molar-refractivity contribution in [2.75, 3.05) is 20.8 Å². The molecular formula is C11H12N2O5. The summed E-state index contributed by atoms with van der Waals surface area (Å²) in [5, 5.41) is 20.1. The highest BCUT2D eigenvalue weighted by Gasteiger charge is 2.29. The Hall–Kier alpha value is -2.49. The summed E-state index contributed by atoms with van der Waals surface area (Å²) >= 11 is 0. The molecule has 0 spiro atoms. The van der Waals surface area contributed by atoms with E-state index in [4.69, 9.17) is 19.5 Å². The van der Waals surface area contributed by atoms with Crippen LogP contribution in [0.5, 0.6) is 17.2 Å². The molecule has 1 aromatic rings. The largest absolute Gasteiger partial charge is 0.495 e. The lowest BCUT2D eigenvalue weighted by Gasteiger charge is -2.12. The number of rotatable bonds is 5. The number of hydrogen-bond acceptors (Lipinski definition) is 6. The van der Waals surface area contributed by atoms with Crippen LogP contribution in [0.3, 0.4) is 0 Å². The van der Waals surface area contributed by atoms with Crippen LogP contribution in [0.25, 0.3) is 0 Å². The van der Waals surface area contributed by atoms with Crippen molar-refractivity contribution in [2.24, 2.45) is 0 Å². The van der Waals surface area contributed by atoms with Crippen LogP contribution < -0.4 is 14.2 Å². The Balaban J connectivity index is 3.64. The molecule has 0 fully saturated rings. The molecule has 0 aliphatic heterocycles. The number of hydrogen-bond donors (Lipinski definition) is 0. The first kappa shape index (κ1) is 13.6. The van der Waals surface area contributed by atoms with Gasteiger partial charge < -0.3 is 14.2 Å². The standard InChI is InChI=1S/C11H12N2O5/c1-4-18-9-5-8(16-2)7(6-12)11(17-3)10(9)13(14)15/h5H,4H2,1-3H3. The van der Waals surface area contributed by atoms with Gasteiger partial charge in [0, 0.05) is 6.07 Å². The van der Waals surface area contributed by atoms with Gasteiger partial charge in [0.15, 0.2) is 0 Å². The lowest BCUT2D eigenvalue weighted by Crippen LogP contribution is -2.03. The van der Waals surface area contributed by atoms with E-state index in [1.54, 1.807) is 6.92 Å². The van der Waals surface area contributed by atoms with Gasteiger partial charge >= 0.3 is 5.69 Å². The lowest BCUT2D eigenvalue weighted by molar-refractivity contribution is -0.386. The molecule has 0 atom stereocenters. The van der Waals surface area contributed by atoms with E-state index in [1.165, 1.54) is 20.3 Å². The predicted molar refractivity (Wildman–Crippen MR) is 62.1 cm³/mol. The molecule has 0 aliphatic rings. The lowest BCUT2D eigenvalue weighted by atomic mass is 10.1. The highest BCUT2D eigenvalue weighted by Crippen LogP contribution is 2.44. The van der Waals surface area contributed by atoms with Crippen LogP contribution in [0.4, 0.5) is 5.69 Å². The molecule has 0 radical (unpaired) electrons. The van der Waals surface area contributed by atoms with E-state index in [2.05, 4.69) is 0 Å². The Morgan fingerprint density at radius 1 is 1.39 bits per heavy atom. The van der Waals surface area contributed by atoms with Crippen LogP contribution >= 0.6 is 0 Å². The molecule has 0 amide bonds. The van der Waals surface area contributed by atoms with Crippen LogP contribution in [0.1, 0.15) is 12.5 Å². The summed E-state index contributed by atoms with van der Waals surface area (Å²) in [4.78, 5) is 10.4. The number of nitro benzene ring substituents is 1. The number of ether oxygens (including phenoxy) is 3. The third-order valence-corrected chi connectivity index (χ3v) is 2.20. The van der Waals surface area contributed by atoms with Gasteiger partial charge in [0.1, 0.15) is 17.4 Å². The molecule has 0 aromatic heterocycles. The van der Waals surface area contributed by atoms with E-state index >= 15 is 0 Å². The molecule has 0 unspecified atom stereocenters. The molecule has 0 saturated heterocycles. The van der Waals surface area contributed by atoms with E-state index in [9.17, 15) is 10.1 Å². The van der Waals surface area contributed by atoms with Gasteiger partial charge in [0.25, 0.3) is 0 Å². The summed E-state index contributed by atoms with van der Waals surface area (Å²) in [6, 6.07) is 3.13. The summed E-state index contributed by atoms with van der Waals surface area (Å²) < 4.78 is 15.1. The molecular weight excluding hydrogens is 240 g/mol. The summed E-state index contributed by atoms with van der Waals surface area (Å²) in [5.74, 6) is 0.0175. The molecule has 18 heavy (non-hydrogen) atoms. The molecule has 1 rings (SSSR count). The normalized spacial score (nSPS) is 9.44. The zero-order valence-corrected chi connectivity index (χ0v) is 10.2. The van der Waals surface area contributed by atoms with Crippen molar-refractivity contribution in [1.82, 2.24) is 0 Å². The van der Waals surface area contributed by atoms with Gasteiger partial charge in [0.2, 0.25) is 11.5 Å². The zero-order valence-electron chi connectivity index (χ0n) is 10.2. The minimum atomic E-state index is -0.649. The quantitative estimate of drug-likeness (QED) is 0.586. The Bertz CT molecular complexity index is 507. The molecule has 0 saturated carbocycles. The van der Waals surface area contributed by atoms with Crippen LogP contribution in [0.15, 0.2) is 6.07 Å². The van der Waals surface area contributed by atoms with Gasteiger partial charge in [-0.2, -0.15) is 5.26 Å². The van der Waals surface area contributed by atoms with Crippen molar-refractivity contribution in [2.45, 2.75) is 6.92 Å². The monoisotopic (exact) mass is 252 g/mol. The van der Waals surface area contributed by atoms with Crippen LogP contribution in [0.2, 0.25) is 0 Å². The fourth-order valence-corrected chi connectivity index (χ4v) is 1.51. The molecule has 0 N–H and O–H groups in total. The SMILES string of the molecule is CCOc1cc(OC)c(C#N)c(OC)c1[N+](=O)[O-]. The van der Waals surface area contributed by atoms with E-state index in [1.807, 2.05) is 6.07 Å². The van der Waals surface area contributed by atoms with Gasteiger partial charge in [-0.1, -0.05) is 0 Å². The van der Waals surface area contributed by atoms with Crippen molar-refractivity contribution in [1.29, 1.82) is 5.26 Å². The van der Waals surface area contributed by atoms with E-state index < -0.39 is 4.92 Å². The Morgan fingerprint density at radius 3 is 2.44 bits per heavy atom. The van der Waals surface area contributed by atoms with Crippen molar-refractivity contribution < 1.29 is 19.1 Å². The van der Waals surface area contributed by atoms with Crippen LogP contribution in [-0.4, -0.2) is 25.7 Å². The molecule has 7 heteroatoms. The second-order valence-corrected chi connectivity index (χ2v) is 3.14. The smallest absolute Gasteiger partial charge is 0.354 e. The van der Waals surface area contributed by atoms with Gasteiger partial charge in [0.05, 0.1) is 25.7 Å². The van der Waals surface area contributed by atoms with E-state index in [-0.39, 0.29) is 35.1 Å². The van der Waals surface area contributed by atoms with Crippen molar-refractivity contribution in [3.8, 4) is 23.3 Å². The Labute approximate surface area is 104 Å². The van der Waals surface area contributed by atoms with Gasteiger partial charge in [-0.15, -0.1) is 0 Å². The average molecular weight is 252 g/mol. The van der Waals surface area contributed by atoms with Crippen molar-refractivity contribution in [3.05, 3.63) is 21.7 Å². The second-order valence-electron chi connectivity index (χ2n) is 3.14. The van der Waals surface area contributed by atoms with Crippen LogP contribution in [0, 0.1) is 21.4 Å². The maximum atomic E-state index is 11.0. The molecule has 0 bridgehead atoms. The van der Waals surface area contributed by atoms with Crippen molar-refractivity contribution >= 4 is 5.69 Å². The van der Waals surface area contributed by atoms with E-state index in [0.29, 0.717) is 0 Å². The summed E-state index contributed by atoms with van der Waals surface area (Å²) in [6.07, 6.45) is 0. The third-order valence-electron chi connectivity index (χ3n) is 2.20. The topological polar surface area (TPSA) is 94.6 Å². The zero-order chi connectivity index (χ0) is 13.7. The number of methoxy groups -OCH3 is 2. The number of benzene rings is 1. The van der Waals surface area contributed by atoms with Gasteiger partial charge in [-0.25, -0.2) is 0 Å². The first-order valence-corrected chi connectivity index (χ1v) is 5.06. The molecule has 96 valence electrons. The number of nitrogens with zero attached hydrogens (tertiary/aromatic N) is 2. The molecule has 1 aromatic carbocycles. The Morgan fingerprint density at radius 2 is 2.06 bits per heavy atom. The first-order chi connectivity index (χ1) is 8.60. The first-order valence-electron chi connectivity index (χ1n) is 5.06. The maximum Gasteiger partial charge on any atom is 0.354 e.